The molecule has 0 fully saturated rings. The molecule has 0 aliphatic heterocycles. The Morgan fingerprint density at radius 1 is 1.27 bits per heavy atom. The molecule has 0 aromatic heterocycles. The van der Waals surface area contributed by atoms with Crippen LogP contribution in [0, 0.1) is 12.7 Å². The van der Waals surface area contributed by atoms with Gasteiger partial charge in [-0.15, -0.1) is 0 Å². The summed E-state index contributed by atoms with van der Waals surface area (Å²) in [4.78, 5) is 11.7. The minimum atomic E-state index is -0.370. The highest BCUT2D eigenvalue weighted by molar-refractivity contribution is 9.10. The van der Waals surface area contributed by atoms with Crippen molar-refractivity contribution in [3.8, 4) is 5.75 Å². The van der Waals surface area contributed by atoms with E-state index < -0.39 is 0 Å². The summed E-state index contributed by atoms with van der Waals surface area (Å²) in [5.74, 6) is 0.235. The van der Waals surface area contributed by atoms with Gasteiger partial charge in [-0.25, -0.2) is 4.39 Å². The highest BCUT2D eigenvalue weighted by Crippen LogP contribution is 2.25. The minimum absolute atomic E-state index is 0.155. The quantitative estimate of drug-likeness (QED) is 0.753. The summed E-state index contributed by atoms with van der Waals surface area (Å²) in [5.41, 5.74) is 1.61. The van der Waals surface area contributed by atoms with Crippen molar-refractivity contribution >= 4 is 27.5 Å². The maximum Gasteiger partial charge on any atom is 0.224 e. The van der Waals surface area contributed by atoms with Gasteiger partial charge >= 0.3 is 0 Å². The first-order valence-corrected chi connectivity index (χ1v) is 7.78. The van der Waals surface area contributed by atoms with Crippen molar-refractivity contribution in [1.29, 1.82) is 0 Å². The third-order valence-corrected chi connectivity index (χ3v) is 3.62. The molecule has 1 N–H and O–H groups in total. The zero-order valence-corrected chi connectivity index (χ0v) is 13.8. The smallest absolute Gasteiger partial charge is 0.224 e. The van der Waals surface area contributed by atoms with E-state index in [0.717, 1.165) is 15.8 Å². The zero-order chi connectivity index (χ0) is 15.9. The van der Waals surface area contributed by atoms with E-state index in [2.05, 4.69) is 21.2 Å². The van der Waals surface area contributed by atoms with Crippen LogP contribution >= 0.6 is 15.9 Å². The van der Waals surface area contributed by atoms with E-state index in [1.54, 1.807) is 12.1 Å². The molecule has 2 rings (SSSR count). The number of hydrogen-bond donors (Lipinski definition) is 1. The highest BCUT2D eigenvalue weighted by atomic mass is 79.9. The molecular formula is C17H17BrFNO2. The van der Waals surface area contributed by atoms with Crippen molar-refractivity contribution in [2.75, 3.05) is 11.9 Å². The van der Waals surface area contributed by atoms with Gasteiger partial charge in [0.1, 0.15) is 11.6 Å². The lowest BCUT2D eigenvalue weighted by Gasteiger charge is -2.09. The van der Waals surface area contributed by atoms with Crippen LogP contribution in [-0.2, 0) is 4.79 Å². The number of amides is 1. The van der Waals surface area contributed by atoms with Gasteiger partial charge in [-0.3, -0.25) is 4.79 Å². The molecule has 0 aliphatic carbocycles. The van der Waals surface area contributed by atoms with Gasteiger partial charge in [-0.2, -0.15) is 0 Å². The number of anilines is 1. The molecule has 2 aromatic carbocycles. The van der Waals surface area contributed by atoms with Crippen molar-refractivity contribution in [3.05, 3.63) is 58.3 Å². The number of ether oxygens (including phenoxy) is 1. The molecular weight excluding hydrogens is 349 g/mol. The fourth-order valence-electron chi connectivity index (χ4n) is 1.93. The molecule has 0 atom stereocenters. The average Bonchev–Trinajstić information content (AvgIpc) is 2.45. The van der Waals surface area contributed by atoms with E-state index in [4.69, 9.17) is 4.74 Å². The fourth-order valence-corrected chi connectivity index (χ4v) is 2.54. The van der Waals surface area contributed by atoms with E-state index >= 15 is 0 Å². The first-order chi connectivity index (χ1) is 10.5. The standard InChI is InChI=1S/C17H17BrFNO2/c1-12-7-8-16(15(18)10-12)22-9-3-6-17(21)20-14-5-2-4-13(19)11-14/h2,4-5,7-8,10-11H,3,6,9H2,1H3,(H,20,21). The molecule has 0 radical (unpaired) electrons. The van der Waals surface area contributed by atoms with Crippen LogP contribution in [0.4, 0.5) is 10.1 Å². The predicted octanol–water partition coefficient (Wildman–Crippen LogP) is 4.69. The van der Waals surface area contributed by atoms with Crippen LogP contribution in [0.5, 0.6) is 5.75 Å². The Kier molecular flexibility index (Phi) is 5.95. The van der Waals surface area contributed by atoms with Gasteiger partial charge in [-0.1, -0.05) is 12.1 Å². The van der Waals surface area contributed by atoms with Gasteiger partial charge in [0.15, 0.2) is 0 Å². The molecule has 0 saturated carbocycles. The van der Waals surface area contributed by atoms with Crippen molar-refractivity contribution < 1.29 is 13.9 Å². The van der Waals surface area contributed by atoms with Gasteiger partial charge in [0.2, 0.25) is 5.91 Å². The molecule has 0 aliphatic rings. The van der Waals surface area contributed by atoms with Crippen LogP contribution in [0.1, 0.15) is 18.4 Å². The van der Waals surface area contributed by atoms with E-state index in [1.165, 1.54) is 12.1 Å². The van der Waals surface area contributed by atoms with Crippen LogP contribution in [0.3, 0.4) is 0 Å². The summed E-state index contributed by atoms with van der Waals surface area (Å²) in [5, 5.41) is 2.66. The molecule has 22 heavy (non-hydrogen) atoms. The zero-order valence-electron chi connectivity index (χ0n) is 12.2. The predicted molar refractivity (Wildman–Crippen MR) is 88.6 cm³/mol. The van der Waals surface area contributed by atoms with Crippen LogP contribution in [0.25, 0.3) is 0 Å². The Morgan fingerprint density at radius 3 is 2.82 bits per heavy atom. The van der Waals surface area contributed by atoms with Crippen molar-refractivity contribution in [3.63, 3.8) is 0 Å². The minimum Gasteiger partial charge on any atom is -0.492 e. The molecule has 0 spiro atoms. The molecule has 1 amide bonds. The van der Waals surface area contributed by atoms with Gasteiger partial charge in [0.05, 0.1) is 11.1 Å². The van der Waals surface area contributed by atoms with Crippen LogP contribution in [-0.4, -0.2) is 12.5 Å². The Bertz CT molecular complexity index is 661. The maximum atomic E-state index is 13.0. The Hall–Kier alpha value is -1.88. The fraction of sp³-hybridized carbons (Fsp3) is 0.235. The topological polar surface area (TPSA) is 38.3 Å². The number of halogens is 2. The van der Waals surface area contributed by atoms with Crippen LogP contribution < -0.4 is 10.1 Å². The molecule has 0 bridgehead atoms. The van der Waals surface area contributed by atoms with Crippen LogP contribution in [0.2, 0.25) is 0 Å². The van der Waals surface area contributed by atoms with Gasteiger partial charge in [0.25, 0.3) is 0 Å². The lowest BCUT2D eigenvalue weighted by atomic mass is 10.2. The summed E-state index contributed by atoms with van der Waals surface area (Å²) < 4.78 is 19.5. The number of carbonyl (C=O) groups excluding carboxylic acids is 1. The Balaban J connectivity index is 1.73. The van der Waals surface area contributed by atoms with Gasteiger partial charge < -0.3 is 10.1 Å². The second-order valence-electron chi connectivity index (χ2n) is 4.94. The number of benzene rings is 2. The number of hydrogen-bond acceptors (Lipinski definition) is 2. The summed E-state index contributed by atoms with van der Waals surface area (Å²) in [6.07, 6.45) is 0.904. The Labute approximate surface area is 137 Å². The lowest BCUT2D eigenvalue weighted by molar-refractivity contribution is -0.116. The molecule has 116 valence electrons. The molecule has 0 saturated heterocycles. The Morgan fingerprint density at radius 2 is 2.09 bits per heavy atom. The number of aryl methyl sites for hydroxylation is 1. The summed E-state index contributed by atoms with van der Waals surface area (Å²) in [6.45, 7) is 2.45. The van der Waals surface area contributed by atoms with E-state index in [-0.39, 0.29) is 11.7 Å². The second kappa shape index (κ2) is 7.94. The van der Waals surface area contributed by atoms with Gasteiger partial charge in [0, 0.05) is 12.1 Å². The molecule has 0 unspecified atom stereocenters. The first-order valence-electron chi connectivity index (χ1n) is 6.99. The van der Waals surface area contributed by atoms with E-state index in [1.807, 2.05) is 25.1 Å². The van der Waals surface area contributed by atoms with Crippen molar-refractivity contribution in [2.24, 2.45) is 0 Å². The summed E-state index contributed by atoms with van der Waals surface area (Å²) >= 11 is 3.44. The SMILES string of the molecule is Cc1ccc(OCCCC(=O)Nc2cccc(F)c2)c(Br)c1. The number of rotatable bonds is 6. The summed E-state index contributed by atoms with van der Waals surface area (Å²) in [7, 11) is 0. The van der Waals surface area contributed by atoms with Crippen molar-refractivity contribution in [2.45, 2.75) is 19.8 Å². The third kappa shape index (κ3) is 5.15. The molecule has 2 aromatic rings. The molecule has 5 heteroatoms. The molecule has 0 heterocycles. The first kappa shape index (κ1) is 16.5. The van der Waals surface area contributed by atoms with E-state index in [0.29, 0.717) is 25.1 Å². The number of nitrogens with one attached hydrogen (secondary N) is 1. The largest absolute Gasteiger partial charge is 0.492 e. The van der Waals surface area contributed by atoms with Crippen molar-refractivity contribution in [1.82, 2.24) is 0 Å². The van der Waals surface area contributed by atoms with E-state index in [9.17, 15) is 9.18 Å². The van der Waals surface area contributed by atoms with Crippen LogP contribution in [0.15, 0.2) is 46.9 Å². The monoisotopic (exact) mass is 365 g/mol. The lowest BCUT2D eigenvalue weighted by Crippen LogP contribution is -2.13. The molecule has 3 nitrogen and oxygen atoms in total. The van der Waals surface area contributed by atoms with Gasteiger partial charge in [-0.05, 0) is 65.2 Å². The normalized spacial score (nSPS) is 10.3. The third-order valence-electron chi connectivity index (χ3n) is 3.00. The number of carbonyl (C=O) groups is 1. The highest BCUT2D eigenvalue weighted by Gasteiger charge is 2.05. The average molecular weight is 366 g/mol. The maximum absolute atomic E-state index is 13.0. The summed E-state index contributed by atoms with van der Waals surface area (Å²) in [6, 6.07) is 11.7. The second-order valence-corrected chi connectivity index (χ2v) is 5.80.